The maximum atomic E-state index is 14.4. The summed E-state index contributed by atoms with van der Waals surface area (Å²) in [5.41, 5.74) is 14.3. The molecule has 1 aliphatic carbocycles. The van der Waals surface area contributed by atoms with Gasteiger partial charge in [-0.25, -0.2) is 9.37 Å². The summed E-state index contributed by atoms with van der Waals surface area (Å²) in [7, 11) is 1.94. The van der Waals surface area contributed by atoms with Gasteiger partial charge in [-0.2, -0.15) is 10.2 Å². The lowest BCUT2D eigenvalue weighted by Gasteiger charge is -2.26. The predicted molar refractivity (Wildman–Crippen MR) is 128 cm³/mol. The largest absolute Gasteiger partial charge is 0.482 e. The lowest BCUT2D eigenvalue weighted by atomic mass is 9.78. The standard InChI is InChI=1S/C26H27FN6O/c1-4-33-24-15-10-22(26(28)29-12-15)34-14(2)19-11-16(27)8-9-18(19)25-20(13-30-32(25)3)17-6-5-7-21(31-33)23(17)24/h8-14,17H,4-7H2,1-3H3,(H2,28,29)/t14-,17?/m1/s1. The SMILES string of the molecule is CCn1nc2c3c1-c1cnc(N)c(c1)O[C@H](C)c1cc(F)ccc1-c1c(cnn1C)C3CCC2. The maximum absolute atomic E-state index is 14.4. The first-order chi connectivity index (χ1) is 16.5. The quantitative estimate of drug-likeness (QED) is 0.434. The van der Waals surface area contributed by atoms with Gasteiger partial charge in [0.25, 0.3) is 0 Å². The van der Waals surface area contributed by atoms with E-state index in [0.29, 0.717) is 11.6 Å². The number of benzene rings is 1. The Bertz CT molecular complexity index is 1420. The van der Waals surface area contributed by atoms with Gasteiger partial charge in [-0.3, -0.25) is 9.36 Å². The first-order valence-electron chi connectivity index (χ1n) is 11.8. The molecule has 0 saturated heterocycles. The van der Waals surface area contributed by atoms with Crippen LogP contribution in [-0.4, -0.2) is 24.5 Å². The van der Waals surface area contributed by atoms with E-state index in [-0.39, 0.29) is 11.7 Å². The van der Waals surface area contributed by atoms with Gasteiger partial charge >= 0.3 is 0 Å². The van der Waals surface area contributed by atoms with Gasteiger partial charge in [0.1, 0.15) is 11.9 Å². The molecular formula is C26H27FN6O. The highest BCUT2D eigenvalue weighted by atomic mass is 19.1. The van der Waals surface area contributed by atoms with Crippen molar-refractivity contribution in [3.8, 4) is 28.3 Å². The molecule has 1 unspecified atom stereocenters. The van der Waals surface area contributed by atoms with Crippen LogP contribution in [0, 0.1) is 5.82 Å². The molecule has 34 heavy (non-hydrogen) atoms. The number of nitrogens with zero attached hydrogens (tertiary/aromatic N) is 5. The molecule has 174 valence electrons. The van der Waals surface area contributed by atoms with Crippen LogP contribution in [0.1, 0.15) is 61.1 Å². The van der Waals surface area contributed by atoms with Crippen LogP contribution in [0.5, 0.6) is 5.75 Å². The van der Waals surface area contributed by atoms with Crippen molar-refractivity contribution in [2.75, 3.05) is 5.73 Å². The van der Waals surface area contributed by atoms with E-state index >= 15 is 0 Å². The second kappa shape index (κ2) is 7.68. The first-order valence-corrected chi connectivity index (χ1v) is 11.8. The molecule has 2 bridgehead atoms. The molecular weight excluding hydrogens is 431 g/mol. The van der Waals surface area contributed by atoms with Crippen molar-refractivity contribution in [3.05, 3.63) is 64.9 Å². The molecule has 6 rings (SSSR count). The lowest BCUT2D eigenvalue weighted by Crippen LogP contribution is -2.14. The number of aryl methyl sites for hydroxylation is 3. The minimum Gasteiger partial charge on any atom is -0.482 e. The second-order valence-electron chi connectivity index (χ2n) is 9.14. The number of rotatable bonds is 1. The van der Waals surface area contributed by atoms with E-state index in [0.717, 1.165) is 65.1 Å². The zero-order valence-corrected chi connectivity index (χ0v) is 19.5. The van der Waals surface area contributed by atoms with Gasteiger partial charge in [0.15, 0.2) is 11.6 Å². The van der Waals surface area contributed by atoms with Crippen LogP contribution in [0.15, 0.2) is 36.7 Å². The smallest absolute Gasteiger partial charge is 0.166 e. The molecule has 4 heterocycles. The highest BCUT2D eigenvalue weighted by molar-refractivity contribution is 5.74. The summed E-state index contributed by atoms with van der Waals surface area (Å²) in [5, 5.41) is 9.64. The van der Waals surface area contributed by atoms with E-state index in [4.69, 9.17) is 15.6 Å². The fourth-order valence-electron chi connectivity index (χ4n) is 5.60. The summed E-state index contributed by atoms with van der Waals surface area (Å²) in [5.74, 6) is 0.601. The molecule has 3 aromatic heterocycles. The summed E-state index contributed by atoms with van der Waals surface area (Å²) in [6.45, 7) is 4.76. The second-order valence-corrected chi connectivity index (χ2v) is 9.14. The first kappa shape index (κ1) is 20.9. The molecule has 1 aromatic carbocycles. The zero-order chi connectivity index (χ0) is 23.6. The summed E-state index contributed by atoms with van der Waals surface area (Å²) in [6, 6.07) is 6.81. The average molecular weight is 459 g/mol. The fourth-order valence-corrected chi connectivity index (χ4v) is 5.60. The number of halogens is 1. The van der Waals surface area contributed by atoms with E-state index in [2.05, 4.69) is 21.7 Å². The Balaban J connectivity index is 1.72. The Hall–Kier alpha value is -3.68. The molecule has 2 aliphatic rings. The van der Waals surface area contributed by atoms with E-state index in [9.17, 15) is 4.39 Å². The zero-order valence-electron chi connectivity index (χ0n) is 19.5. The van der Waals surface area contributed by atoms with Gasteiger partial charge in [0.05, 0.1) is 23.3 Å². The third-order valence-electron chi connectivity index (χ3n) is 7.13. The summed E-state index contributed by atoms with van der Waals surface area (Å²) < 4.78 is 24.7. The molecule has 7 nitrogen and oxygen atoms in total. The van der Waals surface area contributed by atoms with Crippen LogP contribution in [-0.2, 0) is 20.0 Å². The number of hydrogen-bond acceptors (Lipinski definition) is 5. The normalized spacial score (nSPS) is 18.7. The van der Waals surface area contributed by atoms with Gasteiger partial charge < -0.3 is 10.5 Å². The molecule has 4 aromatic rings. The molecule has 2 N–H and O–H groups in total. The highest BCUT2D eigenvalue weighted by Crippen LogP contribution is 2.47. The monoisotopic (exact) mass is 458 g/mol. The summed E-state index contributed by atoms with van der Waals surface area (Å²) in [6.07, 6.45) is 6.28. The van der Waals surface area contributed by atoms with Crippen LogP contribution >= 0.6 is 0 Å². The molecule has 0 fully saturated rings. The average Bonchev–Trinajstić information content (AvgIpc) is 3.40. The number of fused-ring (bicyclic) bond motifs is 7. The molecule has 2 atom stereocenters. The van der Waals surface area contributed by atoms with Crippen molar-refractivity contribution in [3.63, 3.8) is 0 Å². The van der Waals surface area contributed by atoms with E-state index in [1.807, 2.05) is 37.0 Å². The van der Waals surface area contributed by atoms with Crippen molar-refractivity contribution < 1.29 is 9.13 Å². The van der Waals surface area contributed by atoms with Gasteiger partial charge in [0.2, 0.25) is 0 Å². The minimum absolute atomic E-state index is 0.123. The minimum atomic E-state index is -0.454. The number of ether oxygens (including phenoxy) is 1. The van der Waals surface area contributed by atoms with Crippen LogP contribution in [0.2, 0.25) is 0 Å². The van der Waals surface area contributed by atoms with Crippen molar-refractivity contribution in [2.24, 2.45) is 7.05 Å². The summed E-state index contributed by atoms with van der Waals surface area (Å²) in [4.78, 5) is 4.46. The van der Waals surface area contributed by atoms with Crippen molar-refractivity contribution in [2.45, 2.75) is 51.7 Å². The van der Waals surface area contributed by atoms with Crippen molar-refractivity contribution in [1.82, 2.24) is 24.5 Å². The highest BCUT2D eigenvalue weighted by Gasteiger charge is 2.34. The number of aromatic nitrogens is 5. The molecule has 0 amide bonds. The number of nitrogen functional groups attached to an aromatic ring is 1. The van der Waals surface area contributed by atoms with Crippen LogP contribution < -0.4 is 10.5 Å². The molecule has 1 aliphatic heterocycles. The predicted octanol–water partition coefficient (Wildman–Crippen LogP) is 5.01. The Morgan fingerprint density at radius 1 is 1.18 bits per heavy atom. The maximum Gasteiger partial charge on any atom is 0.166 e. The fraction of sp³-hybridized carbons (Fsp3) is 0.346. The summed E-state index contributed by atoms with van der Waals surface area (Å²) >= 11 is 0. The van der Waals surface area contributed by atoms with Crippen molar-refractivity contribution >= 4 is 5.82 Å². The van der Waals surface area contributed by atoms with E-state index < -0.39 is 6.10 Å². The number of hydrogen-bond donors (Lipinski definition) is 1. The van der Waals surface area contributed by atoms with E-state index in [1.165, 1.54) is 11.6 Å². The molecule has 0 radical (unpaired) electrons. The topological polar surface area (TPSA) is 83.8 Å². The Labute approximate surface area is 197 Å². The molecule has 0 saturated carbocycles. The van der Waals surface area contributed by atoms with E-state index in [1.54, 1.807) is 12.3 Å². The Kier molecular flexibility index (Phi) is 4.72. The van der Waals surface area contributed by atoms with Gasteiger partial charge in [-0.05, 0) is 57.4 Å². The number of pyridine rings is 1. The Morgan fingerprint density at radius 2 is 2.03 bits per heavy atom. The van der Waals surface area contributed by atoms with Crippen LogP contribution in [0.4, 0.5) is 10.2 Å². The number of nitrogens with two attached hydrogens (primary N) is 1. The van der Waals surface area contributed by atoms with Gasteiger partial charge in [0, 0.05) is 53.5 Å². The van der Waals surface area contributed by atoms with Gasteiger partial charge in [-0.1, -0.05) is 0 Å². The van der Waals surface area contributed by atoms with Gasteiger partial charge in [-0.15, -0.1) is 0 Å². The molecule has 8 heteroatoms. The molecule has 0 spiro atoms. The van der Waals surface area contributed by atoms with Crippen molar-refractivity contribution in [1.29, 1.82) is 0 Å². The van der Waals surface area contributed by atoms with Crippen LogP contribution in [0.25, 0.3) is 22.5 Å². The third-order valence-corrected chi connectivity index (χ3v) is 7.13. The number of anilines is 1. The Morgan fingerprint density at radius 3 is 2.85 bits per heavy atom. The lowest BCUT2D eigenvalue weighted by molar-refractivity contribution is 0.227. The third kappa shape index (κ3) is 3.04. The van der Waals surface area contributed by atoms with Crippen LogP contribution in [0.3, 0.4) is 0 Å².